The third-order valence-corrected chi connectivity index (χ3v) is 4.47. The fourth-order valence-corrected chi connectivity index (χ4v) is 3.21. The van der Waals surface area contributed by atoms with Crippen molar-refractivity contribution in [1.82, 2.24) is 20.0 Å². The summed E-state index contributed by atoms with van der Waals surface area (Å²) in [6.45, 7) is 5.66. The number of amides is 1. The Kier molecular flexibility index (Phi) is 4.21. The summed E-state index contributed by atoms with van der Waals surface area (Å²) in [5.41, 5.74) is 1.14. The number of nitrogens with zero attached hydrogens (tertiary/aromatic N) is 3. The fraction of sp³-hybridized carbons (Fsp3) is 0.562. The number of nitrogens with one attached hydrogen (secondary N) is 1. The standard InChI is InChI=1S/C16H22N4O3/c1-9(2)14-13(10(3)23-19-14)16(22)18-11-4-5-12(15(11)21)20-7-6-17-8-20/h6-9,11-12,15,21H,4-5H2,1-3H3,(H,18,22)/t11-,12-,15-/m1/s1. The van der Waals surface area contributed by atoms with E-state index in [1.807, 2.05) is 24.6 Å². The Morgan fingerprint density at radius 3 is 2.91 bits per heavy atom. The summed E-state index contributed by atoms with van der Waals surface area (Å²) in [4.78, 5) is 16.6. The molecule has 7 nitrogen and oxygen atoms in total. The number of aromatic nitrogens is 3. The number of imidazole rings is 1. The Balaban J connectivity index is 1.73. The molecule has 1 fully saturated rings. The van der Waals surface area contributed by atoms with Gasteiger partial charge in [0.1, 0.15) is 11.3 Å². The van der Waals surface area contributed by atoms with Gasteiger partial charge in [-0.25, -0.2) is 4.98 Å². The van der Waals surface area contributed by atoms with Crippen molar-refractivity contribution in [3.63, 3.8) is 0 Å². The van der Waals surface area contributed by atoms with Crippen molar-refractivity contribution in [2.45, 2.75) is 57.7 Å². The third-order valence-electron chi connectivity index (χ3n) is 4.47. The van der Waals surface area contributed by atoms with Gasteiger partial charge in [0, 0.05) is 12.4 Å². The smallest absolute Gasteiger partial charge is 0.257 e. The van der Waals surface area contributed by atoms with Gasteiger partial charge in [-0.15, -0.1) is 0 Å². The SMILES string of the molecule is Cc1onc(C(C)C)c1C(=O)N[C@@H]1CC[C@@H](n2ccnc2)[C@@H]1O. The van der Waals surface area contributed by atoms with Crippen LogP contribution in [0.2, 0.25) is 0 Å². The van der Waals surface area contributed by atoms with Crippen LogP contribution < -0.4 is 5.32 Å². The van der Waals surface area contributed by atoms with E-state index in [2.05, 4.69) is 15.5 Å². The number of hydrogen-bond donors (Lipinski definition) is 2. The molecule has 7 heteroatoms. The van der Waals surface area contributed by atoms with E-state index in [1.54, 1.807) is 19.4 Å². The Bertz CT molecular complexity index is 678. The van der Waals surface area contributed by atoms with Crippen molar-refractivity contribution in [2.75, 3.05) is 0 Å². The first kappa shape index (κ1) is 15.7. The van der Waals surface area contributed by atoms with Gasteiger partial charge < -0.3 is 19.5 Å². The summed E-state index contributed by atoms with van der Waals surface area (Å²) < 4.78 is 7.05. The van der Waals surface area contributed by atoms with E-state index in [0.717, 1.165) is 12.8 Å². The van der Waals surface area contributed by atoms with Gasteiger partial charge in [0.25, 0.3) is 5.91 Å². The molecule has 2 aromatic rings. The van der Waals surface area contributed by atoms with E-state index >= 15 is 0 Å². The molecule has 0 unspecified atom stereocenters. The van der Waals surface area contributed by atoms with Gasteiger partial charge in [-0.3, -0.25) is 4.79 Å². The van der Waals surface area contributed by atoms with Crippen LogP contribution >= 0.6 is 0 Å². The average Bonchev–Trinajstić information content (AvgIpc) is 3.20. The highest BCUT2D eigenvalue weighted by atomic mass is 16.5. The van der Waals surface area contributed by atoms with Crippen LogP contribution in [0.25, 0.3) is 0 Å². The summed E-state index contributed by atoms with van der Waals surface area (Å²) in [6, 6.07) is -0.347. The zero-order chi connectivity index (χ0) is 16.6. The van der Waals surface area contributed by atoms with Crippen LogP contribution in [0, 0.1) is 6.92 Å². The highest BCUT2D eigenvalue weighted by Crippen LogP contribution is 2.31. The number of carbonyl (C=O) groups is 1. The molecular formula is C16H22N4O3. The Hall–Kier alpha value is -2.15. The molecule has 3 rings (SSSR count). The maximum atomic E-state index is 12.6. The molecule has 1 saturated carbocycles. The average molecular weight is 318 g/mol. The Labute approximate surface area is 134 Å². The molecule has 0 saturated heterocycles. The van der Waals surface area contributed by atoms with Crippen LogP contribution in [0.15, 0.2) is 23.2 Å². The van der Waals surface area contributed by atoms with Crippen LogP contribution in [-0.2, 0) is 0 Å². The summed E-state index contributed by atoms with van der Waals surface area (Å²) in [5.74, 6) is 0.369. The van der Waals surface area contributed by atoms with Gasteiger partial charge >= 0.3 is 0 Å². The van der Waals surface area contributed by atoms with Crippen molar-refractivity contribution in [2.24, 2.45) is 0 Å². The maximum Gasteiger partial charge on any atom is 0.257 e. The molecular weight excluding hydrogens is 296 g/mol. The zero-order valence-corrected chi connectivity index (χ0v) is 13.6. The molecule has 1 amide bonds. The molecule has 2 heterocycles. The molecule has 124 valence electrons. The van der Waals surface area contributed by atoms with Gasteiger partial charge in [-0.1, -0.05) is 19.0 Å². The summed E-state index contributed by atoms with van der Waals surface area (Å²) >= 11 is 0. The van der Waals surface area contributed by atoms with Crippen LogP contribution in [0.3, 0.4) is 0 Å². The molecule has 23 heavy (non-hydrogen) atoms. The van der Waals surface area contributed by atoms with Crippen molar-refractivity contribution in [3.05, 3.63) is 35.7 Å². The second-order valence-electron chi connectivity index (χ2n) is 6.38. The summed E-state index contributed by atoms with van der Waals surface area (Å²) in [7, 11) is 0. The second kappa shape index (κ2) is 6.16. The van der Waals surface area contributed by atoms with Crippen LogP contribution in [0.4, 0.5) is 0 Å². The number of carbonyl (C=O) groups excluding carboxylic acids is 1. The second-order valence-corrected chi connectivity index (χ2v) is 6.38. The fourth-order valence-electron chi connectivity index (χ4n) is 3.21. The molecule has 0 radical (unpaired) electrons. The van der Waals surface area contributed by atoms with Crippen molar-refractivity contribution < 1.29 is 14.4 Å². The van der Waals surface area contributed by atoms with Gasteiger partial charge in [0.2, 0.25) is 0 Å². The minimum atomic E-state index is -0.643. The maximum absolute atomic E-state index is 12.6. The Morgan fingerprint density at radius 2 is 2.26 bits per heavy atom. The van der Waals surface area contributed by atoms with Crippen molar-refractivity contribution in [1.29, 1.82) is 0 Å². The molecule has 2 N–H and O–H groups in total. The number of aliphatic hydroxyl groups excluding tert-OH is 1. The van der Waals surface area contributed by atoms with Crippen molar-refractivity contribution >= 4 is 5.91 Å². The summed E-state index contributed by atoms with van der Waals surface area (Å²) in [6.07, 6.45) is 6.08. The topological polar surface area (TPSA) is 93.2 Å². The van der Waals surface area contributed by atoms with Crippen LogP contribution in [0.1, 0.15) is 60.5 Å². The highest BCUT2D eigenvalue weighted by Gasteiger charge is 2.37. The molecule has 0 bridgehead atoms. The van der Waals surface area contributed by atoms with Gasteiger partial charge in [-0.05, 0) is 25.7 Å². The zero-order valence-electron chi connectivity index (χ0n) is 13.6. The molecule has 0 spiro atoms. The lowest BCUT2D eigenvalue weighted by molar-refractivity contribution is 0.0811. The van der Waals surface area contributed by atoms with E-state index in [1.165, 1.54) is 0 Å². The third kappa shape index (κ3) is 2.88. The lowest BCUT2D eigenvalue weighted by Crippen LogP contribution is -2.42. The normalized spacial score (nSPS) is 24.3. The monoisotopic (exact) mass is 318 g/mol. The quantitative estimate of drug-likeness (QED) is 0.896. The number of rotatable bonds is 4. The minimum absolute atomic E-state index is 0.0593. The number of aryl methyl sites for hydroxylation is 1. The number of aliphatic hydroxyl groups is 1. The van der Waals surface area contributed by atoms with E-state index in [4.69, 9.17) is 4.52 Å². The van der Waals surface area contributed by atoms with E-state index < -0.39 is 6.10 Å². The van der Waals surface area contributed by atoms with Gasteiger partial charge in [0.15, 0.2) is 0 Å². The predicted octanol–water partition coefficient (Wildman–Crippen LogP) is 1.80. The molecule has 1 aliphatic rings. The summed E-state index contributed by atoms with van der Waals surface area (Å²) in [5, 5.41) is 17.4. The van der Waals surface area contributed by atoms with Crippen LogP contribution in [-0.4, -0.2) is 37.9 Å². The minimum Gasteiger partial charge on any atom is -0.389 e. The Morgan fingerprint density at radius 1 is 1.48 bits per heavy atom. The van der Waals surface area contributed by atoms with E-state index in [-0.39, 0.29) is 23.9 Å². The first-order valence-corrected chi connectivity index (χ1v) is 7.91. The van der Waals surface area contributed by atoms with Crippen molar-refractivity contribution in [3.8, 4) is 0 Å². The first-order chi connectivity index (χ1) is 11.0. The van der Waals surface area contributed by atoms with E-state index in [9.17, 15) is 9.90 Å². The molecule has 2 aromatic heterocycles. The molecule has 0 aliphatic heterocycles. The molecule has 3 atom stereocenters. The number of hydrogen-bond acceptors (Lipinski definition) is 5. The van der Waals surface area contributed by atoms with Gasteiger partial charge in [0.05, 0.1) is 30.2 Å². The first-order valence-electron chi connectivity index (χ1n) is 7.91. The lowest BCUT2D eigenvalue weighted by atomic mass is 10.0. The highest BCUT2D eigenvalue weighted by molar-refractivity contribution is 5.96. The van der Waals surface area contributed by atoms with Gasteiger partial charge in [-0.2, -0.15) is 0 Å². The lowest BCUT2D eigenvalue weighted by Gasteiger charge is -2.21. The largest absolute Gasteiger partial charge is 0.389 e. The predicted molar refractivity (Wildman–Crippen MR) is 83.1 cm³/mol. The van der Waals surface area contributed by atoms with E-state index in [0.29, 0.717) is 17.0 Å². The molecule has 0 aromatic carbocycles. The molecule has 1 aliphatic carbocycles. The van der Waals surface area contributed by atoms with Crippen LogP contribution in [0.5, 0.6) is 0 Å².